The van der Waals surface area contributed by atoms with Crippen LogP contribution in [0, 0.1) is 5.41 Å². The van der Waals surface area contributed by atoms with Gasteiger partial charge in [-0.1, -0.05) is 24.8 Å². The van der Waals surface area contributed by atoms with Gasteiger partial charge in [0.25, 0.3) is 0 Å². The van der Waals surface area contributed by atoms with Crippen molar-refractivity contribution in [2.24, 2.45) is 5.41 Å². The largest absolute Gasteiger partial charge is 0.384 e. The minimum Gasteiger partial charge on any atom is -0.384 e. The quantitative estimate of drug-likeness (QED) is 0.682. The molecule has 0 aliphatic carbocycles. The molecule has 0 aromatic heterocycles. The van der Waals surface area contributed by atoms with Crippen LogP contribution < -0.4 is 10.6 Å². The molecule has 0 unspecified atom stereocenters. The molecule has 2 heterocycles. The maximum atomic E-state index is 3.82. The first kappa shape index (κ1) is 10.5. The molecule has 82 valence electrons. The number of nitrogens with one attached hydrogen (secondary N) is 2. The molecule has 2 N–H and O–H groups in total. The summed E-state index contributed by atoms with van der Waals surface area (Å²) in [5.41, 5.74) is 3.12. The standard InChI is InChI=1S/C13H20N2/c1-3-5-11-12(4-2)15-10-13(11)6-8-14-9-7-13/h3-5,14-15H,1,6-10H2,2H3/b11-5+,12-4+. The van der Waals surface area contributed by atoms with E-state index in [-0.39, 0.29) is 0 Å². The third-order valence-corrected chi connectivity index (χ3v) is 3.61. The van der Waals surface area contributed by atoms with Crippen molar-refractivity contribution in [3.05, 3.63) is 36.1 Å². The first-order valence-electron chi connectivity index (χ1n) is 5.77. The molecule has 2 rings (SSSR count). The fraction of sp³-hybridized carbons (Fsp3) is 0.538. The van der Waals surface area contributed by atoms with Crippen LogP contribution in [0.2, 0.25) is 0 Å². The van der Waals surface area contributed by atoms with E-state index in [0.717, 1.165) is 19.6 Å². The van der Waals surface area contributed by atoms with Crippen molar-refractivity contribution in [2.75, 3.05) is 19.6 Å². The normalized spacial score (nSPS) is 29.7. The highest BCUT2D eigenvalue weighted by molar-refractivity contribution is 5.42. The molecule has 2 saturated heterocycles. The minimum absolute atomic E-state index is 0.362. The van der Waals surface area contributed by atoms with E-state index in [9.17, 15) is 0 Å². The molecule has 0 aromatic carbocycles. The second kappa shape index (κ2) is 4.23. The molecule has 0 amide bonds. The van der Waals surface area contributed by atoms with Gasteiger partial charge in [0.15, 0.2) is 0 Å². The fourth-order valence-electron chi connectivity index (χ4n) is 2.73. The highest BCUT2D eigenvalue weighted by Crippen LogP contribution is 2.43. The second-order valence-electron chi connectivity index (χ2n) is 4.40. The van der Waals surface area contributed by atoms with Gasteiger partial charge in [0.1, 0.15) is 0 Å². The Morgan fingerprint density at radius 1 is 1.33 bits per heavy atom. The molecule has 15 heavy (non-hydrogen) atoms. The molecule has 0 radical (unpaired) electrons. The number of rotatable bonds is 1. The van der Waals surface area contributed by atoms with Gasteiger partial charge in [-0.25, -0.2) is 0 Å². The van der Waals surface area contributed by atoms with Crippen LogP contribution >= 0.6 is 0 Å². The lowest BCUT2D eigenvalue weighted by molar-refractivity contribution is 0.279. The zero-order valence-corrected chi connectivity index (χ0v) is 9.47. The van der Waals surface area contributed by atoms with E-state index in [1.54, 1.807) is 0 Å². The Hall–Kier alpha value is -1.02. The fourth-order valence-corrected chi connectivity index (χ4v) is 2.73. The van der Waals surface area contributed by atoms with E-state index in [0.29, 0.717) is 5.41 Å². The van der Waals surface area contributed by atoms with E-state index in [1.807, 2.05) is 6.08 Å². The lowest BCUT2D eigenvalue weighted by atomic mass is 9.74. The van der Waals surface area contributed by atoms with E-state index >= 15 is 0 Å². The Balaban J connectivity index is 2.32. The molecule has 2 heteroatoms. The van der Waals surface area contributed by atoms with Crippen LogP contribution in [-0.4, -0.2) is 19.6 Å². The van der Waals surface area contributed by atoms with Gasteiger partial charge in [-0.3, -0.25) is 0 Å². The highest BCUT2D eigenvalue weighted by Gasteiger charge is 2.41. The molecule has 2 aliphatic rings. The van der Waals surface area contributed by atoms with Crippen molar-refractivity contribution in [1.29, 1.82) is 0 Å². The van der Waals surface area contributed by atoms with E-state index in [1.165, 1.54) is 24.1 Å². The predicted octanol–water partition coefficient (Wildman–Crippen LogP) is 1.98. The van der Waals surface area contributed by atoms with Crippen LogP contribution in [0.1, 0.15) is 19.8 Å². The number of hydrogen-bond acceptors (Lipinski definition) is 2. The van der Waals surface area contributed by atoms with Gasteiger partial charge in [0, 0.05) is 17.7 Å². The molecule has 0 saturated carbocycles. The lowest BCUT2D eigenvalue weighted by Gasteiger charge is -2.34. The summed E-state index contributed by atoms with van der Waals surface area (Å²) in [4.78, 5) is 0. The van der Waals surface area contributed by atoms with Crippen molar-refractivity contribution in [2.45, 2.75) is 19.8 Å². The summed E-state index contributed by atoms with van der Waals surface area (Å²) in [6.45, 7) is 9.28. The van der Waals surface area contributed by atoms with Crippen molar-refractivity contribution in [3.8, 4) is 0 Å². The van der Waals surface area contributed by atoms with Crippen LogP contribution in [0.4, 0.5) is 0 Å². The highest BCUT2D eigenvalue weighted by atomic mass is 15.0. The van der Waals surface area contributed by atoms with Gasteiger partial charge in [-0.05, 0) is 38.4 Å². The number of allylic oxidation sites excluding steroid dienone is 4. The molecule has 0 atom stereocenters. The molecule has 2 nitrogen and oxygen atoms in total. The Morgan fingerprint density at radius 2 is 2.07 bits per heavy atom. The Kier molecular flexibility index (Phi) is 2.96. The van der Waals surface area contributed by atoms with Crippen molar-refractivity contribution < 1.29 is 0 Å². The van der Waals surface area contributed by atoms with Crippen LogP contribution in [0.3, 0.4) is 0 Å². The molecule has 0 bridgehead atoms. The van der Waals surface area contributed by atoms with Crippen LogP contribution in [-0.2, 0) is 0 Å². The van der Waals surface area contributed by atoms with E-state index < -0.39 is 0 Å². The summed E-state index contributed by atoms with van der Waals surface area (Å²) in [5.74, 6) is 0. The SMILES string of the molecule is C=C/C=C1\C(=C/C)NCC12CCNCC2. The maximum Gasteiger partial charge on any atom is 0.0336 e. The summed E-state index contributed by atoms with van der Waals surface area (Å²) in [6, 6.07) is 0. The van der Waals surface area contributed by atoms with Crippen molar-refractivity contribution >= 4 is 0 Å². The van der Waals surface area contributed by atoms with E-state index in [4.69, 9.17) is 0 Å². The van der Waals surface area contributed by atoms with Crippen LogP contribution in [0.5, 0.6) is 0 Å². The zero-order valence-electron chi connectivity index (χ0n) is 9.47. The Bertz CT molecular complexity index is 306. The second-order valence-corrected chi connectivity index (χ2v) is 4.40. The summed E-state index contributed by atoms with van der Waals surface area (Å²) in [6.07, 6.45) is 8.73. The Morgan fingerprint density at radius 3 is 2.67 bits per heavy atom. The summed E-state index contributed by atoms with van der Waals surface area (Å²) in [5, 5.41) is 6.95. The minimum atomic E-state index is 0.362. The molecule has 1 spiro atoms. The summed E-state index contributed by atoms with van der Waals surface area (Å²) >= 11 is 0. The van der Waals surface area contributed by atoms with Crippen LogP contribution in [0.15, 0.2) is 36.1 Å². The summed E-state index contributed by atoms with van der Waals surface area (Å²) in [7, 11) is 0. The smallest absolute Gasteiger partial charge is 0.0336 e. The maximum absolute atomic E-state index is 3.82. The Labute approximate surface area is 92.1 Å². The monoisotopic (exact) mass is 204 g/mol. The third-order valence-electron chi connectivity index (χ3n) is 3.61. The van der Waals surface area contributed by atoms with Crippen LogP contribution in [0.25, 0.3) is 0 Å². The molecule has 0 aromatic rings. The topological polar surface area (TPSA) is 24.1 Å². The van der Waals surface area contributed by atoms with Crippen molar-refractivity contribution in [1.82, 2.24) is 10.6 Å². The number of piperidine rings is 1. The predicted molar refractivity (Wildman–Crippen MR) is 64.6 cm³/mol. The van der Waals surface area contributed by atoms with Gasteiger partial charge in [0.05, 0.1) is 0 Å². The zero-order chi connectivity index (χ0) is 10.7. The lowest BCUT2D eigenvalue weighted by Crippen LogP contribution is -2.38. The number of hydrogen-bond donors (Lipinski definition) is 2. The first-order chi connectivity index (χ1) is 7.32. The van der Waals surface area contributed by atoms with Gasteiger partial charge in [0.2, 0.25) is 0 Å². The van der Waals surface area contributed by atoms with Gasteiger partial charge < -0.3 is 10.6 Å². The molecule has 2 aliphatic heterocycles. The molecule has 2 fully saturated rings. The average Bonchev–Trinajstić information content (AvgIpc) is 2.60. The van der Waals surface area contributed by atoms with Gasteiger partial charge in [-0.2, -0.15) is 0 Å². The van der Waals surface area contributed by atoms with Gasteiger partial charge >= 0.3 is 0 Å². The summed E-state index contributed by atoms with van der Waals surface area (Å²) < 4.78 is 0. The molecular weight excluding hydrogens is 184 g/mol. The molecular formula is C13H20N2. The van der Waals surface area contributed by atoms with Gasteiger partial charge in [-0.15, -0.1) is 0 Å². The van der Waals surface area contributed by atoms with E-state index in [2.05, 4.69) is 36.3 Å². The third kappa shape index (κ3) is 1.74. The first-order valence-corrected chi connectivity index (χ1v) is 5.77. The average molecular weight is 204 g/mol. The van der Waals surface area contributed by atoms with Crippen molar-refractivity contribution in [3.63, 3.8) is 0 Å².